The number of nitrogens with one attached hydrogen (secondary N) is 1. The van der Waals surface area contributed by atoms with Gasteiger partial charge in [-0.15, -0.1) is 12.4 Å². The van der Waals surface area contributed by atoms with Gasteiger partial charge in [0, 0.05) is 6.54 Å². The zero-order valence-corrected chi connectivity index (χ0v) is 16.1. The average Bonchev–Trinajstić information content (AvgIpc) is 2.54. The van der Waals surface area contributed by atoms with Crippen molar-refractivity contribution in [3.8, 4) is 5.75 Å². The van der Waals surface area contributed by atoms with Crippen molar-refractivity contribution >= 4 is 18.1 Å². The molecule has 1 aliphatic heterocycles. The van der Waals surface area contributed by atoms with Crippen molar-refractivity contribution in [1.29, 1.82) is 0 Å². The summed E-state index contributed by atoms with van der Waals surface area (Å²) >= 11 is 0. The molecule has 2 aromatic carbocycles. The molecule has 0 amide bonds. The Morgan fingerprint density at radius 1 is 1.23 bits per heavy atom. The molecule has 2 N–H and O–H groups in total. The standard InChI is InChI=1S/C20H25FN2O2.ClH/c1-20(2)13-23(16-9-4-5-10-18(16)25-20)19(17(24)12-22-3)14-7-6-8-15(21)11-14;/h4-11,17,19,22,24H,12-13H2,1-3H3;1H/t17-,19+;/m1./s1. The van der Waals surface area contributed by atoms with E-state index in [0.717, 1.165) is 17.0 Å². The molecule has 2 aromatic rings. The summed E-state index contributed by atoms with van der Waals surface area (Å²) in [5.41, 5.74) is 1.24. The molecule has 0 aromatic heterocycles. The van der Waals surface area contributed by atoms with Gasteiger partial charge in [0.05, 0.1) is 24.4 Å². The zero-order valence-electron chi connectivity index (χ0n) is 15.3. The third-order valence-electron chi connectivity index (χ3n) is 4.42. The lowest BCUT2D eigenvalue weighted by atomic mass is 9.95. The van der Waals surface area contributed by atoms with E-state index in [4.69, 9.17) is 4.74 Å². The number of fused-ring (bicyclic) bond motifs is 1. The summed E-state index contributed by atoms with van der Waals surface area (Å²) in [4.78, 5) is 2.12. The molecule has 1 aliphatic rings. The van der Waals surface area contributed by atoms with E-state index in [9.17, 15) is 9.50 Å². The first-order valence-electron chi connectivity index (χ1n) is 8.54. The van der Waals surface area contributed by atoms with Crippen molar-refractivity contribution in [3.05, 3.63) is 59.9 Å². The minimum atomic E-state index is -0.700. The van der Waals surface area contributed by atoms with Crippen molar-refractivity contribution in [3.63, 3.8) is 0 Å². The van der Waals surface area contributed by atoms with Gasteiger partial charge in [-0.3, -0.25) is 0 Å². The molecule has 0 saturated carbocycles. The number of likely N-dealkylation sites (N-methyl/N-ethyl adjacent to an activating group) is 1. The van der Waals surface area contributed by atoms with Crippen LogP contribution in [0.15, 0.2) is 48.5 Å². The number of ether oxygens (including phenoxy) is 1. The van der Waals surface area contributed by atoms with Crippen LogP contribution in [0, 0.1) is 5.82 Å². The van der Waals surface area contributed by atoms with Crippen LogP contribution in [-0.2, 0) is 0 Å². The quantitative estimate of drug-likeness (QED) is 0.832. The second kappa shape index (κ2) is 8.25. The van der Waals surface area contributed by atoms with E-state index in [1.54, 1.807) is 13.1 Å². The number of halogens is 2. The Hall–Kier alpha value is -1.82. The van der Waals surface area contributed by atoms with Crippen LogP contribution in [0.3, 0.4) is 0 Å². The van der Waals surface area contributed by atoms with Crippen molar-refractivity contribution < 1.29 is 14.2 Å². The minimum absolute atomic E-state index is 0. The SMILES string of the molecule is CNC[C@@H](O)[C@H](c1cccc(F)c1)N1CC(C)(C)Oc2ccccc21.Cl. The first kappa shape index (κ1) is 20.5. The van der Waals surface area contributed by atoms with Gasteiger partial charge in [0.1, 0.15) is 17.2 Å². The molecule has 0 radical (unpaired) electrons. The van der Waals surface area contributed by atoms with Gasteiger partial charge in [-0.25, -0.2) is 4.39 Å². The van der Waals surface area contributed by atoms with Gasteiger partial charge in [-0.1, -0.05) is 24.3 Å². The van der Waals surface area contributed by atoms with Crippen molar-refractivity contribution in [2.45, 2.75) is 31.6 Å². The summed E-state index contributed by atoms with van der Waals surface area (Å²) in [6, 6.07) is 13.8. The summed E-state index contributed by atoms with van der Waals surface area (Å²) < 4.78 is 19.9. The van der Waals surface area contributed by atoms with Crippen molar-refractivity contribution in [2.75, 3.05) is 25.0 Å². The lowest BCUT2D eigenvalue weighted by Gasteiger charge is -2.46. The van der Waals surface area contributed by atoms with E-state index in [-0.39, 0.29) is 24.3 Å². The highest BCUT2D eigenvalue weighted by Gasteiger charge is 2.38. The van der Waals surface area contributed by atoms with Crippen LogP contribution >= 0.6 is 12.4 Å². The van der Waals surface area contributed by atoms with E-state index < -0.39 is 11.7 Å². The molecule has 3 rings (SSSR count). The third kappa shape index (κ3) is 4.29. The van der Waals surface area contributed by atoms with Gasteiger partial charge in [0.25, 0.3) is 0 Å². The molecular weight excluding hydrogens is 355 g/mol. The molecule has 0 saturated heterocycles. The van der Waals surface area contributed by atoms with Crippen LogP contribution in [0.4, 0.5) is 10.1 Å². The third-order valence-corrected chi connectivity index (χ3v) is 4.42. The molecule has 4 nitrogen and oxygen atoms in total. The maximum atomic E-state index is 13.9. The van der Waals surface area contributed by atoms with Gasteiger partial charge < -0.3 is 20.1 Å². The molecule has 26 heavy (non-hydrogen) atoms. The average molecular weight is 381 g/mol. The highest BCUT2D eigenvalue weighted by molar-refractivity contribution is 5.85. The number of hydrogen-bond acceptors (Lipinski definition) is 4. The predicted molar refractivity (Wildman–Crippen MR) is 105 cm³/mol. The highest BCUT2D eigenvalue weighted by atomic mass is 35.5. The number of aliphatic hydroxyl groups is 1. The number of aliphatic hydroxyl groups excluding tert-OH is 1. The Balaban J connectivity index is 0.00000243. The fourth-order valence-electron chi connectivity index (χ4n) is 3.48. The molecule has 0 aliphatic carbocycles. The molecule has 1 heterocycles. The molecule has 6 heteroatoms. The summed E-state index contributed by atoms with van der Waals surface area (Å²) in [6.07, 6.45) is -0.700. The Bertz CT molecular complexity index is 741. The molecule has 0 fully saturated rings. The fraction of sp³-hybridized carbons (Fsp3) is 0.400. The lowest BCUT2D eigenvalue weighted by Crippen LogP contribution is -2.51. The van der Waals surface area contributed by atoms with Crippen molar-refractivity contribution in [2.24, 2.45) is 0 Å². The number of rotatable bonds is 5. The first-order valence-corrected chi connectivity index (χ1v) is 8.54. The monoisotopic (exact) mass is 380 g/mol. The summed E-state index contributed by atoms with van der Waals surface area (Å²) in [5, 5.41) is 13.8. The normalized spacial score (nSPS) is 17.5. The first-order chi connectivity index (χ1) is 11.9. The number of hydrogen-bond donors (Lipinski definition) is 2. The van der Waals surface area contributed by atoms with Gasteiger partial charge in [-0.2, -0.15) is 0 Å². The topological polar surface area (TPSA) is 44.7 Å². The van der Waals surface area contributed by atoms with Crippen LogP contribution in [0.5, 0.6) is 5.75 Å². The minimum Gasteiger partial charge on any atom is -0.484 e. The van der Waals surface area contributed by atoms with Gasteiger partial charge in [0.2, 0.25) is 0 Å². The van der Waals surface area contributed by atoms with Crippen LogP contribution in [0.1, 0.15) is 25.5 Å². The molecule has 2 atom stereocenters. The Morgan fingerprint density at radius 3 is 2.65 bits per heavy atom. The Morgan fingerprint density at radius 2 is 1.96 bits per heavy atom. The van der Waals surface area contributed by atoms with Gasteiger partial charge >= 0.3 is 0 Å². The van der Waals surface area contributed by atoms with E-state index in [2.05, 4.69) is 10.2 Å². The number of benzene rings is 2. The molecule has 142 valence electrons. The molecular formula is C20H26ClFN2O2. The van der Waals surface area contributed by atoms with E-state index >= 15 is 0 Å². The highest BCUT2D eigenvalue weighted by Crippen LogP contribution is 2.42. The Kier molecular flexibility index (Phi) is 6.50. The molecule has 0 spiro atoms. The smallest absolute Gasteiger partial charge is 0.143 e. The second-order valence-electron chi connectivity index (χ2n) is 7.08. The maximum absolute atomic E-state index is 13.9. The van der Waals surface area contributed by atoms with Gasteiger partial charge in [-0.05, 0) is 50.7 Å². The van der Waals surface area contributed by atoms with E-state index in [1.165, 1.54) is 12.1 Å². The predicted octanol–water partition coefficient (Wildman–Crippen LogP) is 3.55. The summed E-state index contributed by atoms with van der Waals surface area (Å²) in [5.74, 6) is 0.469. The molecule has 0 unspecified atom stereocenters. The van der Waals surface area contributed by atoms with Crippen LogP contribution in [0.2, 0.25) is 0 Å². The summed E-state index contributed by atoms with van der Waals surface area (Å²) in [7, 11) is 1.79. The van der Waals surface area contributed by atoms with Gasteiger partial charge in [0.15, 0.2) is 0 Å². The van der Waals surface area contributed by atoms with Crippen LogP contribution in [0.25, 0.3) is 0 Å². The molecule has 0 bridgehead atoms. The van der Waals surface area contributed by atoms with Crippen LogP contribution < -0.4 is 15.0 Å². The Labute approximate surface area is 160 Å². The summed E-state index contributed by atoms with van der Waals surface area (Å²) in [6.45, 7) is 5.03. The fourth-order valence-corrected chi connectivity index (χ4v) is 3.48. The van der Waals surface area contributed by atoms with E-state index in [0.29, 0.717) is 13.1 Å². The lowest BCUT2D eigenvalue weighted by molar-refractivity contribution is 0.0840. The maximum Gasteiger partial charge on any atom is 0.143 e. The largest absolute Gasteiger partial charge is 0.484 e. The second-order valence-corrected chi connectivity index (χ2v) is 7.08. The number of para-hydroxylation sites is 2. The van der Waals surface area contributed by atoms with Crippen LogP contribution in [-0.4, -0.2) is 36.9 Å². The van der Waals surface area contributed by atoms with E-state index in [1.807, 2.05) is 44.2 Å². The van der Waals surface area contributed by atoms with Crippen molar-refractivity contribution in [1.82, 2.24) is 5.32 Å². The zero-order chi connectivity index (χ0) is 18.0. The number of anilines is 1. The number of nitrogens with zero attached hydrogens (tertiary/aromatic N) is 1.